The van der Waals surface area contributed by atoms with Crippen LogP contribution in [0, 0.1) is 10.5 Å². The standard InChI is InChI=1S/C19H16IN5O/c1-12-7-13(24-19-15(20)9-21-10-22-19)3-6-18(12)26-14-4-5-17-16(8-14)23-11-25(17)2/h3-11H,1-2H3,(H,21,22,24). The summed E-state index contributed by atoms with van der Waals surface area (Å²) >= 11 is 2.21. The number of aryl methyl sites for hydroxylation is 2. The molecule has 0 aliphatic heterocycles. The van der Waals surface area contributed by atoms with Gasteiger partial charge in [0.2, 0.25) is 0 Å². The number of hydrogen-bond donors (Lipinski definition) is 1. The topological polar surface area (TPSA) is 64.9 Å². The number of rotatable bonds is 4. The highest BCUT2D eigenvalue weighted by Crippen LogP contribution is 2.30. The number of nitrogens with one attached hydrogen (secondary N) is 1. The van der Waals surface area contributed by atoms with Crippen LogP contribution in [0.2, 0.25) is 0 Å². The van der Waals surface area contributed by atoms with Gasteiger partial charge in [-0.25, -0.2) is 15.0 Å². The number of benzene rings is 2. The van der Waals surface area contributed by atoms with E-state index in [1.54, 1.807) is 12.5 Å². The fourth-order valence-electron chi connectivity index (χ4n) is 2.69. The van der Waals surface area contributed by atoms with Crippen LogP contribution in [0.15, 0.2) is 55.2 Å². The van der Waals surface area contributed by atoms with Crippen LogP contribution in [0.1, 0.15) is 5.56 Å². The Morgan fingerprint density at radius 1 is 1.12 bits per heavy atom. The Labute approximate surface area is 164 Å². The molecule has 26 heavy (non-hydrogen) atoms. The van der Waals surface area contributed by atoms with E-state index in [9.17, 15) is 0 Å². The van der Waals surface area contributed by atoms with Gasteiger partial charge in [0, 0.05) is 25.0 Å². The minimum Gasteiger partial charge on any atom is -0.457 e. The third-order valence-corrected chi connectivity index (χ3v) is 4.82. The number of imidazole rings is 1. The van der Waals surface area contributed by atoms with Crippen molar-refractivity contribution >= 4 is 45.1 Å². The van der Waals surface area contributed by atoms with Crippen molar-refractivity contribution in [1.29, 1.82) is 0 Å². The average molecular weight is 457 g/mol. The molecule has 1 N–H and O–H groups in total. The number of halogens is 1. The molecule has 0 saturated heterocycles. The molecule has 6 nitrogen and oxygen atoms in total. The molecule has 2 aromatic heterocycles. The van der Waals surface area contributed by atoms with E-state index in [2.05, 4.69) is 42.9 Å². The van der Waals surface area contributed by atoms with Crippen molar-refractivity contribution in [3.63, 3.8) is 0 Å². The van der Waals surface area contributed by atoms with Gasteiger partial charge in [-0.3, -0.25) is 0 Å². The summed E-state index contributed by atoms with van der Waals surface area (Å²) < 4.78 is 9.00. The molecule has 0 aliphatic rings. The van der Waals surface area contributed by atoms with Gasteiger partial charge in [-0.2, -0.15) is 0 Å². The molecule has 0 bridgehead atoms. The zero-order valence-electron chi connectivity index (χ0n) is 14.3. The summed E-state index contributed by atoms with van der Waals surface area (Å²) in [5.74, 6) is 2.36. The highest BCUT2D eigenvalue weighted by Gasteiger charge is 2.07. The third-order valence-electron chi connectivity index (χ3n) is 4.03. The first-order valence-corrected chi connectivity index (χ1v) is 9.10. The zero-order valence-corrected chi connectivity index (χ0v) is 16.4. The highest BCUT2D eigenvalue weighted by molar-refractivity contribution is 14.1. The maximum atomic E-state index is 6.05. The second-order valence-electron chi connectivity index (χ2n) is 5.93. The lowest BCUT2D eigenvalue weighted by Gasteiger charge is -2.12. The molecule has 2 heterocycles. The number of anilines is 2. The summed E-state index contributed by atoms with van der Waals surface area (Å²) in [6.45, 7) is 2.02. The number of nitrogens with zero attached hydrogens (tertiary/aromatic N) is 4. The molecule has 0 radical (unpaired) electrons. The van der Waals surface area contributed by atoms with Crippen LogP contribution in [0.25, 0.3) is 11.0 Å². The number of fused-ring (bicyclic) bond motifs is 1. The molecule has 0 atom stereocenters. The molecule has 0 amide bonds. The van der Waals surface area contributed by atoms with Crippen molar-refractivity contribution in [2.45, 2.75) is 6.92 Å². The van der Waals surface area contributed by atoms with Gasteiger partial charge in [-0.05, 0) is 65.4 Å². The van der Waals surface area contributed by atoms with E-state index in [1.807, 2.05) is 54.9 Å². The van der Waals surface area contributed by atoms with Gasteiger partial charge in [0.25, 0.3) is 0 Å². The van der Waals surface area contributed by atoms with E-state index in [1.165, 1.54) is 6.33 Å². The lowest BCUT2D eigenvalue weighted by molar-refractivity contribution is 0.479. The fraction of sp³-hybridized carbons (Fsp3) is 0.105. The Morgan fingerprint density at radius 3 is 2.81 bits per heavy atom. The molecule has 4 rings (SSSR count). The first-order valence-electron chi connectivity index (χ1n) is 8.02. The van der Waals surface area contributed by atoms with Gasteiger partial charge < -0.3 is 14.6 Å². The van der Waals surface area contributed by atoms with Crippen molar-refractivity contribution in [1.82, 2.24) is 19.5 Å². The molecule has 0 aliphatic carbocycles. The Morgan fingerprint density at radius 2 is 2.00 bits per heavy atom. The van der Waals surface area contributed by atoms with Crippen LogP contribution in [-0.2, 0) is 7.05 Å². The second-order valence-corrected chi connectivity index (χ2v) is 7.09. The van der Waals surface area contributed by atoms with Crippen molar-refractivity contribution in [2.24, 2.45) is 7.05 Å². The normalized spacial score (nSPS) is 10.9. The Hall–Kier alpha value is -2.68. The number of aromatic nitrogens is 4. The summed E-state index contributed by atoms with van der Waals surface area (Å²) in [5.41, 5.74) is 3.97. The maximum absolute atomic E-state index is 6.05. The molecule has 0 unspecified atom stereocenters. The Bertz CT molecular complexity index is 1090. The summed E-state index contributed by atoms with van der Waals surface area (Å²) in [5, 5.41) is 3.30. The van der Waals surface area contributed by atoms with Gasteiger partial charge in [-0.1, -0.05) is 0 Å². The predicted octanol–water partition coefficient (Wildman–Crippen LogP) is 4.81. The number of ether oxygens (including phenoxy) is 1. The summed E-state index contributed by atoms with van der Waals surface area (Å²) in [6, 6.07) is 11.9. The van der Waals surface area contributed by atoms with Gasteiger partial charge in [0.05, 0.1) is 20.9 Å². The van der Waals surface area contributed by atoms with Crippen LogP contribution in [0.3, 0.4) is 0 Å². The molecule has 2 aromatic carbocycles. The Balaban J connectivity index is 1.56. The second kappa shape index (κ2) is 6.91. The summed E-state index contributed by atoms with van der Waals surface area (Å²) in [7, 11) is 1.98. The molecule has 0 saturated carbocycles. The SMILES string of the molecule is Cc1cc(Nc2ncncc2I)ccc1Oc1ccc2c(c1)ncn2C. The minimum absolute atomic E-state index is 0.769. The van der Waals surface area contributed by atoms with Gasteiger partial charge >= 0.3 is 0 Å². The van der Waals surface area contributed by atoms with Crippen molar-refractivity contribution < 1.29 is 4.74 Å². The molecule has 0 fully saturated rings. The van der Waals surface area contributed by atoms with Crippen molar-refractivity contribution in [3.8, 4) is 11.5 Å². The fourth-order valence-corrected chi connectivity index (χ4v) is 3.12. The quantitative estimate of drug-likeness (QED) is 0.446. The first-order chi connectivity index (χ1) is 12.6. The highest BCUT2D eigenvalue weighted by atomic mass is 127. The van der Waals surface area contributed by atoms with Gasteiger partial charge in [-0.15, -0.1) is 0 Å². The number of hydrogen-bond acceptors (Lipinski definition) is 5. The predicted molar refractivity (Wildman–Crippen MR) is 110 cm³/mol. The van der Waals surface area contributed by atoms with Crippen LogP contribution < -0.4 is 10.1 Å². The monoisotopic (exact) mass is 457 g/mol. The van der Waals surface area contributed by atoms with Crippen LogP contribution in [0.4, 0.5) is 11.5 Å². The van der Waals surface area contributed by atoms with Crippen LogP contribution in [0.5, 0.6) is 11.5 Å². The van der Waals surface area contributed by atoms with Crippen molar-refractivity contribution in [3.05, 3.63) is 64.4 Å². The summed E-state index contributed by atoms with van der Waals surface area (Å²) in [6.07, 6.45) is 5.10. The average Bonchev–Trinajstić information content (AvgIpc) is 3.00. The largest absolute Gasteiger partial charge is 0.457 e. The molecular weight excluding hydrogens is 441 g/mol. The molecule has 0 spiro atoms. The van der Waals surface area contributed by atoms with E-state index in [4.69, 9.17) is 4.74 Å². The van der Waals surface area contributed by atoms with E-state index >= 15 is 0 Å². The molecule has 4 aromatic rings. The minimum atomic E-state index is 0.769. The van der Waals surface area contributed by atoms with Crippen LogP contribution >= 0.6 is 22.6 Å². The van der Waals surface area contributed by atoms with Crippen molar-refractivity contribution in [2.75, 3.05) is 5.32 Å². The van der Waals surface area contributed by atoms with Gasteiger partial charge in [0.15, 0.2) is 0 Å². The first kappa shape index (κ1) is 16.8. The smallest absolute Gasteiger partial charge is 0.147 e. The van der Waals surface area contributed by atoms with E-state index in [0.29, 0.717) is 0 Å². The molecule has 7 heteroatoms. The lowest BCUT2D eigenvalue weighted by Crippen LogP contribution is -1.97. The maximum Gasteiger partial charge on any atom is 0.147 e. The Kier molecular flexibility index (Phi) is 4.46. The third kappa shape index (κ3) is 3.34. The van der Waals surface area contributed by atoms with E-state index < -0.39 is 0 Å². The molecule has 130 valence electrons. The lowest BCUT2D eigenvalue weighted by atomic mass is 10.2. The van der Waals surface area contributed by atoms with Gasteiger partial charge in [0.1, 0.15) is 23.6 Å². The summed E-state index contributed by atoms with van der Waals surface area (Å²) in [4.78, 5) is 12.6. The van der Waals surface area contributed by atoms with Crippen LogP contribution in [-0.4, -0.2) is 19.5 Å². The van der Waals surface area contributed by atoms with E-state index in [-0.39, 0.29) is 0 Å². The van der Waals surface area contributed by atoms with E-state index in [0.717, 1.165) is 43.2 Å². The molecular formula is C19H16IN5O. The zero-order chi connectivity index (χ0) is 18.1.